The van der Waals surface area contributed by atoms with Gasteiger partial charge in [0.1, 0.15) is 17.2 Å². The number of anilines is 2. The van der Waals surface area contributed by atoms with E-state index in [1.807, 2.05) is 42.5 Å². The first-order valence-electron chi connectivity index (χ1n) is 12.3. The number of carbonyl (C=O) groups is 2. The highest BCUT2D eigenvalue weighted by Gasteiger charge is 2.72. The standard InChI is InChI=1S/C30H23N3O6/c1-38-25-18-12-20(13-19-25)26-30(21-14-16-24(17-15-21)33(36)37)27(39-32(26)23-10-6-3-7-11-23)28(34)31(29(30)35)22-8-4-2-5-9-22/h2-19,26-27H,1H3/t26-,27-,30+/m0/s1. The summed E-state index contributed by atoms with van der Waals surface area (Å²) in [6.07, 6.45) is -1.22. The van der Waals surface area contributed by atoms with Crippen molar-refractivity contribution in [3.8, 4) is 5.75 Å². The molecule has 194 valence electrons. The van der Waals surface area contributed by atoms with Gasteiger partial charge in [-0.15, -0.1) is 0 Å². The smallest absolute Gasteiger partial charge is 0.269 e. The van der Waals surface area contributed by atoms with E-state index in [9.17, 15) is 19.7 Å². The van der Waals surface area contributed by atoms with Gasteiger partial charge < -0.3 is 4.74 Å². The fourth-order valence-corrected chi connectivity index (χ4v) is 5.54. The van der Waals surface area contributed by atoms with E-state index in [1.165, 1.54) is 12.1 Å². The van der Waals surface area contributed by atoms with Crippen molar-refractivity contribution in [3.05, 3.63) is 130 Å². The van der Waals surface area contributed by atoms with Gasteiger partial charge in [-0.2, -0.15) is 0 Å². The molecule has 2 fully saturated rings. The normalized spacial score (nSPS) is 22.2. The van der Waals surface area contributed by atoms with Crippen LogP contribution in [0.5, 0.6) is 5.75 Å². The summed E-state index contributed by atoms with van der Waals surface area (Å²) in [7, 11) is 1.56. The first-order valence-corrected chi connectivity index (χ1v) is 12.3. The Labute approximate surface area is 223 Å². The van der Waals surface area contributed by atoms with Gasteiger partial charge >= 0.3 is 0 Å². The molecule has 0 unspecified atom stereocenters. The van der Waals surface area contributed by atoms with E-state index in [4.69, 9.17) is 9.57 Å². The Morgan fingerprint density at radius 3 is 1.97 bits per heavy atom. The number of methoxy groups -OCH3 is 1. The van der Waals surface area contributed by atoms with Crippen LogP contribution in [-0.4, -0.2) is 30.0 Å². The van der Waals surface area contributed by atoms with Crippen LogP contribution in [0, 0.1) is 10.1 Å². The molecule has 0 saturated carbocycles. The molecule has 9 nitrogen and oxygen atoms in total. The van der Waals surface area contributed by atoms with E-state index in [2.05, 4.69) is 0 Å². The molecule has 2 aliphatic rings. The van der Waals surface area contributed by atoms with Crippen LogP contribution >= 0.6 is 0 Å². The minimum atomic E-state index is -1.55. The maximum absolute atomic E-state index is 14.7. The SMILES string of the molecule is COc1ccc([C@@H]2N(c3ccccc3)O[C@H]3C(=O)N(c4ccccc4)C(=O)[C@]23c2ccc([N+](=O)[O-])cc2)cc1. The summed E-state index contributed by atoms with van der Waals surface area (Å²) in [5.74, 6) is -0.358. The lowest BCUT2D eigenvalue weighted by Crippen LogP contribution is -2.46. The van der Waals surface area contributed by atoms with Crippen molar-refractivity contribution in [1.82, 2.24) is 0 Å². The van der Waals surface area contributed by atoms with Crippen LogP contribution in [0.2, 0.25) is 0 Å². The highest BCUT2D eigenvalue weighted by molar-refractivity contribution is 6.28. The van der Waals surface area contributed by atoms with Crippen LogP contribution in [0.1, 0.15) is 17.2 Å². The van der Waals surface area contributed by atoms with Crippen LogP contribution in [-0.2, 0) is 19.8 Å². The number of imide groups is 1. The maximum Gasteiger partial charge on any atom is 0.269 e. The highest BCUT2D eigenvalue weighted by Crippen LogP contribution is 2.57. The number of hydroxylamine groups is 1. The van der Waals surface area contributed by atoms with Gasteiger partial charge in [-0.3, -0.25) is 24.5 Å². The number of non-ortho nitro benzene ring substituents is 1. The number of nitro groups is 1. The number of carbonyl (C=O) groups excluding carboxylic acids is 2. The average molecular weight is 522 g/mol. The number of hydrogen-bond acceptors (Lipinski definition) is 7. The zero-order valence-corrected chi connectivity index (χ0v) is 20.8. The molecule has 9 heteroatoms. The predicted molar refractivity (Wildman–Crippen MR) is 143 cm³/mol. The van der Waals surface area contributed by atoms with Crippen molar-refractivity contribution in [3.63, 3.8) is 0 Å². The Bertz CT molecular complexity index is 1540. The van der Waals surface area contributed by atoms with Gasteiger partial charge in [-0.25, -0.2) is 9.96 Å². The van der Waals surface area contributed by atoms with Crippen molar-refractivity contribution in [1.29, 1.82) is 0 Å². The highest BCUT2D eigenvalue weighted by atomic mass is 16.7. The second kappa shape index (κ2) is 9.38. The van der Waals surface area contributed by atoms with Crippen LogP contribution in [0.25, 0.3) is 0 Å². The lowest BCUT2D eigenvalue weighted by molar-refractivity contribution is -0.384. The van der Waals surface area contributed by atoms with Crippen LogP contribution < -0.4 is 14.7 Å². The fourth-order valence-electron chi connectivity index (χ4n) is 5.54. The molecule has 0 N–H and O–H groups in total. The number of rotatable bonds is 6. The van der Waals surface area contributed by atoms with Gasteiger partial charge in [0, 0.05) is 12.1 Å². The number of fused-ring (bicyclic) bond motifs is 1. The summed E-state index contributed by atoms with van der Waals surface area (Å²) in [5.41, 5.74) is 0.549. The topological polar surface area (TPSA) is 102 Å². The van der Waals surface area contributed by atoms with Crippen molar-refractivity contribution < 1.29 is 24.1 Å². The fraction of sp³-hybridized carbons (Fsp3) is 0.133. The van der Waals surface area contributed by atoms with E-state index >= 15 is 0 Å². The Morgan fingerprint density at radius 1 is 0.821 bits per heavy atom. The van der Waals surface area contributed by atoms with Crippen molar-refractivity contribution in [2.24, 2.45) is 0 Å². The molecule has 0 spiro atoms. The molecule has 4 aromatic rings. The number of para-hydroxylation sites is 2. The van der Waals surface area contributed by atoms with Gasteiger partial charge in [0.2, 0.25) is 5.91 Å². The number of benzene rings is 4. The summed E-state index contributed by atoms with van der Waals surface area (Å²) >= 11 is 0. The summed E-state index contributed by atoms with van der Waals surface area (Å²) in [4.78, 5) is 47.2. The second-order valence-electron chi connectivity index (χ2n) is 9.31. The molecule has 2 aliphatic heterocycles. The van der Waals surface area contributed by atoms with Gasteiger partial charge in [-0.05, 0) is 47.5 Å². The Morgan fingerprint density at radius 2 is 1.41 bits per heavy atom. The Balaban J connectivity index is 1.62. The lowest BCUT2D eigenvalue weighted by atomic mass is 9.69. The molecule has 2 heterocycles. The first-order chi connectivity index (χ1) is 19.0. The molecule has 39 heavy (non-hydrogen) atoms. The van der Waals surface area contributed by atoms with Crippen molar-refractivity contribution in [2.45, 2.75) is 17.6 Å². The number of ether oxygens (including phenoxy) is 1. The van der Waals surface area contributed by atoms with E-state index in [1.54, 1.807) is 66.8 Å². The van der Waals surface area contributed by atoms with E-state index in [-0.39, 0.29) is 5.69 Å². The Kier molecular flexibility index (Phi) is 5.85. The quantitative estimate of drug-likeness (QED) is 0.200. The zero-order valence-electron chi connectivity index (χ0n) is 20.8. The molecular formula is C30H23N3O6. The largest absolute Gasteiger partial charge is 0.497 e. The molecule has 0 aliphatic carbocycles. The monoisotopic (exact) mass is 521 g/mol. The molecule has 4 aromatic carbocycles. The van der Waals surface area contributed by atoms with Gasteiger partial charge in [0.05, 0.1) is 23.4 Å². The molecule has 0 aromatic heterocycles. The third kappa shape index (κ3) is 3.66. The number of hydrogen-bond donors (Lipinski definition) is 0. The molecule has 2 saturated heterocycles. The minimum Gasteiger partial charge on any atom is -0.497 e. The van der Waals surface area contributed by atoms with E-state index < -0.39 is 34.3 Å². The van der Waals surface area contributed by atoms with Gasteiger partial charge in [0.15, 0.2) is 6.10 Å². The third-order valence-electron chi connectivity index (χ3n) is 7.31. The lowest BCUT2D eigenvalue weighted by Gasteiger charge is -2.35. The average Bonchev–Trinajstić information content (AvgIpc) is 3.45. The van der Waals surface area contributed by atoms with E-state index in [0.717, 1.165) is 4.90 Å². The maximum atomic E-state index is 14.7. The molecule has 6 rings (SSSR count). The third-order valence-corrected chi connectivity index (χ3v) is 7.31. The molecule has 2 amide bonds. The van der Waals surface area contributed by atoms with Crippen LogP contribution in [0.4, 0.5) is 17.1 Å². The predicted octanol–water partition coefficient (Wildman–Crippen LogP) is 4.98. The summed E-state index contributed by atoms with van der Waals surface area (Å²) in [6.45, 7) is 0. The van der Waals surface area contributed by atoms with Gasteiger partial charge in [0.25, 0.3) is 11.6 Å². The summed E-state index contributed by atoms with van der Waals surface area (Å²) < 4.78 is 5.35. The number of amides is 2. The summed E-state index contributed by atoms with van der Waals surface area (Å²) in [6, 6.07) is 30.1. The molecule has 0 bridgehead atoms. The first kappa shape index (κ1) is 24.3. The van der Waals surface area contributed by atoms with Crippen LogP contribution in [0.3, 0.4) is 0 Å². The second-order valence-corrected chi connectivity index (χ2v) is 9.31. The van der Waals surface area contributed by atoms with Crippen molar-refractivity contribution >= 4 is 28.9 Å². The van der Waals surface area contributed by atoms with Crippen LogP contribution in [0.15, 0.2) is 109 Å². The minimum absolute atomic E-state index is 0.122. The molecule has 3 atom stereocenters. The molecule has 0 radical (unpaired) electrons. The van der Waals surface area contributed by atoms with Crippen molar-refractivity contribution in [2.75, 3.05) is 17.1 Å². The molecular weight excluding hydrogens is 498 g/mol. The Hall–Kier alpha value is -5.02. The van der Waals surface area contributed by atoms with E-state index in [0.29, 0.717) is 28.3 Å². The number of nitrogens with zero attached hydrogens (tertiary/aromatic N) is 3. The zero-order chi connectivity index (χ0) is 27.1. The summed E-state index contributed by atoms with van der Waals surface area (Å²) in [5, 5.41) is 13.0. The number of nitro benzene ring substituents is 1. The van der Waals surface area contributed by atoms with Gasteiger partial charge in [-0.1, -0.05) is 60.7 Å².